The molecular formula is C28H33N5O2S2. The minimum atomic E-state index is -0.278. The number of nitrogens with one attached hydrogen (secondary N) is 1. The smallest absolute Gasteiger partial charge is 0.236 e. The number of thiazole rings is 1. The second-order valence-corrected chi connectivity index (χ2v) is 11.0. The van der Waals surface area contributed by atoms with Crippen molar-refractivity contribution in [3.63, 3.8) is 0 Å². The minimum Gasteiger partial charge on any atom is -0.483 e. The number of carbonyl (C=O) groups excluding carboxylic acids is 1. The zero-order valence-electron chi connectivity index (χ0n) is 22.1. The summed E-state index contributed by atoms with van der Waals surface area (Å²) in [5.74, 6) is 2.08. The molecule has 7 nitrogen and oxygen atoms in total. The van der Waals surface area contributed by atoms with E-state index in [4.69, 9.17) is 4.74 Å². The Balaban J connectivity index is 1.35. The van der Waals surface area contributed by atoms with E-state index in [9.17, 15) is 4.79 Å². The van der Waals surface area contributed by atoms with Crippen LogP contribution in [0, 0.1) is 13.8 Å². The number of rotatable bonds is 10. The van der Waals surface area contributed by atoms with Crippen LogP contribution in [0.3, 0.4) is 0 Å². The Kier molecular flexibility index (Phi) is 8.66. The van der Waals surface area contributed by atoms with Gasteiger partial charge in [-0.1, -0.05) is 49.9 Å². The van der Waals surface area contributed by atoms with Crippen molar-refractivity contribution in [1.29, 1.82) is 0 Å². The van der Waals surface area contributed by atoms with E-state index in [0.29, 0.717) is 22.8 Å². The van der Waals surface area contributed by atoms with E-state index in [2.05, 4.69) is 78.5 Å². The first-order chi connectivity index (χ1) is 17.7. The maximum atomic E-state index is 12.6. The van der Waals surface area contributed by atoms with Gasteiger partial charge in [-0.25, -0.2) is 4.98 Å². The van der Waals surface area contributed by atoms with Crippen LogP contribution in [0.25, 0.3) is 11.3 Å². The molecule has 0 saturated carbocycles. The second-order valence-electron chi connectivity index (χ2n) is 9.24. The highest BCUT2D eigenvalue weighted by atomic mass is 32.2. The van der Waals surface area contributed by atoms with E-state index >= 15 is 0 Å². The third-order valence-corrected chi connectivity index (χ3v) is 7.89. The molecule has 4 rings (SSSR count). The number of amides is 1. The summed E-state index contributed by atoms with van der Waals surface area (Å²) in [6, 6.07) is 14.4. The first kappa shape index (κ1) is 26.9. The van der Waals surface area contributed by atoms with Crippen molar-refractivity contribution in [3.8, 4) is 17.0 Å². The van der Waals surface area contributed by atoms with Crippen LogP contribution in [0.15, 0.2) is 53.0 Å². The van der Waals surface area contributed by atoms with Crippen molar-refractivity contribution in [2.24, 2.45) is 0 Å². The number of benzene rings is 2. The summed E-state index contributed by atoms with van der Waals surface area (Å²) in [4.78, 5) is 17.2. The molecule has 2 aromatic carbocycles. The van der Waals surface area contributed by atoms with E-state index < -0.39 is 0 Å². The first-order valence-electron chi connectivity index (χ1n) is 12.4. The highest BCUT2D eigenvalue weighted by molar-refractivity contribution is 7.99. The number of hydrogen-bond acceptors (Lipinski definition) is 7. The third kappa shape index (κ3) is 6.59. The topological polar surface area (TPSA) is 81.9 Å². The Morgan fingerprint density at radius 2 is 1.84 bits per heavy atom. The average molecular weight is 536 g/mol. The molecule has 0 aliphatic heterocycles. The lowest BCUT2D eigenvalue weighted by Gasteiger charge is -2.16. The molecule has 0 spiro atoms. The van der Waals surface area contributed by atoms with Crippen molar-refractivity contribution in [3.05, 3.63) is 70.4 Å². The van der Waals surface area contributed by atoms with Crippen molar-refractivity contribution in [2.45, 2.75) is 65.3 Å². The summed E-state index contributed by atoms with van der Waals surface area (Å²) >= 11 is 2.78. The molecular weight excluding hydrogens is 502 g/mol. The van der Waals surface area contributed by atoms with Crippen molar-refractivity contribution < 1.29 is 9.53 Å². The van der Waals surface area contributed by atoms with Gasteiger partial charge in [0.15, 0.2) is 22.2 Å². The lowest BCUT2D eigenvalue weighted by atomic mass is 10.0. The molecule has 0 aliphatic rings. The van der Waals surface area contributed by atoms with Gasteiger partial charge in [-0.15, -0.1) is 21.5 Å². The van der Waals surface area contributed by atoms with Crippen molar-refractivity contribution in [2.75, 3.05) is 11.1 Å². The fourth-order valence-corrected chi connectivity index (χ4v) is 5.39. The zero-order valence-corrected chi connectivity index (χ0v) is 23.7. The molecule has 0 bridgehead atoms. The fourth-order valence-electron chi connectivity index (χ4n) is 3.84. The Labute approximate surface area is 226 Å². The predicted molar refractivity (Wildman–Crippen MR) is 152 cm³/mol. The molecule has 0 saturated heterocycles. The van der Waals surface area contributed by atoms with Gasteiger partial charge in [0, 0.05) is 17.5 Å². The number of anilines is 1. The minimum absolute atomic E-state index is 0.132. The van der Waals surface area contributed by atoms with Gasteiger partial charge in [0.05, 0.1) is 11.4 Å². The van der Waals surface area contributed by atoms with E-state index in [-0.39, 0.29) is 17.8 Å². The summed E-state index contributed by atoms with van der Waals surface area (Å²) in [5, 5.41) is 14.8. The molecule has 0 aliphatic carbocycles. The number of aromatic nitrogens is 4. The molecule has 9 heteroatoms. The standard InChI is InChI=1S/C28H33N5O2S2/c1-7-33-26(20(6)35-23-12-10-21(11-13-23)17(2)3)31-32-28(33)37-16-25(34)30-27-29-24(15-36-27)22-9-8-18(4)19(5)14-22/h8-15,17,20H,7,16H2,1-6H3,(H,29,30,34). The number of carbonyl (C=O) groups is 1. The molecule has 194 valence electrons. The Bertz CT molecular complexity index is 1360. The molecule has 37 heavy (non-hydrogen) atoms. The summed E-state index contributed by atoms with van der Waals surface area (Å²) < 4.78 is 8.12. The van der Waals surface area contributed by atoms with Gasteiger partial charge in [0.1, 0.15) is 5.75 Å². The zero-order chi connectivity index (χ0) is 26.5. The number of ether oxygens (including phenoxy) is 1. The van der Waals surface area contributed by atoms with E-state index in [0.717, 1.165) is 22.8 Å². The SMILES string of the molecule is CCn1c(SCC(=O)Nc2nc(-c3ccc(C)c(C)c3)cs2)nnc1C(C)Oc1ccc(C(C)C)cc1. The van der Waals surface area contributed by atoms with Gasteiger partial charge in [0.25, 0.3) is 0 Å². The molecule has 1 amide bonds. The Morgan fingerprint density at radius 1 is 1.08 bits per heavy atom. The first-order valence-corrected chi connectivity index (χ1v) is 14.3. The van der Waals surface area contributed by atoms with Gasteiger partial charge in [-0.05, 0) is 68.5 Å². The maximum absolute atomic E-state index is 12.6. The van der Waals surface area contributed by atoms with Crippen LogP contribution in [-0.2, 0) is 11.3 Å². The molecule has 1 N–H and O–H groups in total. The normalized spacial score (nSPS) is 12.1. The fraction of sp³-hybridized carbons (Fsp3) is 0.357. The average Bonchev–Trinajstić information content (AvgIpc) is 3.51. The summed E-state index contributed by atoms with van der Waals surface area (Å²) in [7, 11) is 0. The highest BCUT2D eigenvalue weighted by Crippen LogP contribution is 2.28. The van der Waals surface area contributed by atoms with Crippen molar-refractivity contribution in [1.82, 2.24) is 19.7 Å². The van der Waals surface area contributed by atoms with Crippen LogP contribution < -0.4 is 10.1 Å². The number of aryl methyl sites for hydroxylation is 2. The lowest BCUT2D eigenvalue weighted by molar-refractivity contribution is -0.113. The van der Waals surface area contributed by atoms with Crippen LogP contribution in [-0.4, -0.2) is 31.4 Å². The quantitative estimate of drug-likeness (QED) is 0.220. The van der Waals surface area contributed by atoms with Gasteiger partial charge in [-0.3, -0.25) is 4.79 Å². The third-order valence-electron chi connectivity index (χ3n) is 6.17. The number of hydrogen-bond donors (Lipinski definition) is 1. The van der Waals surface area contributed by atoms with Gasteiger partial charge >= 0.3 is 0 Å². The van der Waals surface area contributed by atoms with Crippen LogP contribution >= 0.6 is 23.1 Å². The van der Waals surface area contributed by atoms with Crippen LogP contribution in [0.1, 0.15) is 62.2 Å². The van der Waals surface area contributed by atoms with E-state index in [1.807, 2.05) is 35.9 Å². The molecule has 2 aromatic heterocycles. The van der Waals surface area contributed by atoms with Crippen molar-refractivity contribution >= 4 is 34.1 Å². The largest absolute Gasteiger partial charge is 0.483 e. The van der Waals surface area contributed by atoms with Gasteiger partial charge in [-0.2, -0.15) is 0 Å². The molecule has 0 radical (unpaired) electrons. The summed E-state index contributed by atoms with van der Waals surface area (Å²) in [6.07, 6.45) is -0.278. The van der Waals surface area contributed by atoms with Gasteiger partial charge in [0.2, 0.25) is 5.91 Å². The Morgan fingerprint density at radius 3 is 2.51 bits per heavy atom. The molecule has 0 fully saturated rings. The predicted octanol–water partition coefficient (Wildman–Crippen LogP) is 7.03. The van der Waals surface area contributed by atoms with Crippen LogP contribution in [0.4, 0.5) is 5.13 Å². The second kappa shape index (κ2) is 11.9. The molecule has 4 aromatic rings. The van der Waals surface area contributed by atoms with E-state index in [1.54, 1.807) is 0 Å². The monoisotopic (exact) mass is 535 g/mol. The van der Waals surface area contributed by atoms with Crippen LogP contribution in [0.5, 0.6) is 5.75 Å². The van der Waals surface area contributed by atoms with E-state index in [1.165, 1.54) is 39.8 Å². The number of nitrogens with zero attached hydrogens (tertiary/aromatic N) is 4. The molecule has 2 heterocycles. The number of thioether (sulfide) groups is 1. The summed E-state index contributed by atoms with van der Waals surface area (Å²) in [5.41, 5.74) is 5.64. The highest BCUT2D eigenvalue weighted by Gasteiger charge is 2.20. The van der Waals surface area contributed by atoms with Gasteiger partial charge < -0.3 is 14.6 Å². The Hall–Kier alpha value is -3.17. The molecule has 1 atom stereocenters. The van der Waals surface area contributed by atoms with Crippen LogP contribution in [0.2, 0.25) is 0 Å². The molecule has 1 unspecified atom stereocenters. The lowest BCUT2D eigenvalue weighted by Crippen LogP contribution is -2.15. The maximum Gasteiger partial charge on any atom is 0.236 e. The summed E-state index contributed by atoms with van der Waals surface area (Å²) in [6.45, 7) is 13.2.